The van der Waals surface area contributed by atoms with Gasteiger partial charge in [-0.1, -0.05) is 18.0 Å². The predicted octanol–water partition coefficient (Wildman–Crippen LogP) is 1.09. The fourth-order valence-corrected chi connectivity index (χ4v) is 2.87. The van der Waals surface area contributed by atoms with E-state index in [0.29, 0.717) is 28.8 Å². The minimum absolute atomic E-state index is 0.164. The summed E-state index contributed by atoms with van der Waals surface area (Å²) in [4.78, 5) is 23.3. The lowest BCUT2D eigenvalue weighted by molar-refractivity contribution is 0.352. The summed E-state index contributed by atoms with van der Waals surface area (Å²) in [5.41, 5.74) is 6.89. The second-order valence-corrected chi connectivity index (χ2v) is 5.77. The largest absolute Gasteiger partial charge is 0.339 e. The maximum absolute atomic E-state index is 12.0. The lowest BCUT2D eigenvalue weighted by Gasteiger charge is -2.17. The quantitative estimate of drug-likeness (QED) is 0.875. The molecule has 0 aromatic carbocycles. The first-order valence-corrected chi connectivity index (χ1v) is 7.16. The van der Waals surface area contributed by atoms with Gasteiger partial charge in [0.25, 0.3) is 5.56 Å². The SMILES string of the molecule is Cc1nc(C)c(Cc2nc(C3(N)CCCC3)no2)c(=O)[nH]1. The van der Waals surface area contributed by atoms with Crippen molar-refractivity contribution in [1.82, 2.24) is 20.1 Å². The highest BCUT2D eigenvalue weighted by atomic mass is 16.5. The van der Waals surface area contributed by atoms with Gasteiger partial charge < -0.3 is 15.2 Å². The number of nitrogens with two attached hydrogens (primary N) is 1. The van der Waals surface area contributed by atoms with Crippen LogP contribution in [-0.2, 0) is 12.0 Å². The molecule has 1 aliphatic carbocycles. The van der Waals surface area contributed by atoms with Gasteiger partial charge in [0.2, 0.25) is 5.89 Å². The van der Waals surface area contributed by atoms with Crippen LogP contribution >= 0.6 is 0 Å². The Kier molecular flexibility index (Phi) is 3.36. The zero-order chi connectivity index (χ0) is 15.0. The van der Waals surface area contributed by atoms with E-state index in [1.54, 1.807) is 13.8 Å². The number of H-pyrrole nitrogens is 1. The van der Waals surface area contributed by atoms with Gasteiger partial charge in [0.15, 0.2) is 5.82 Å². The average Bonchev–Trinajstić information content (AvgIpc) is 3.03. The average molecular weight is 289 g/mol. The Hall–Kier alpha value is -2.02. The van der Waals surface area contributed by atoms with E-state index in [2.05, 4.69) is 20.1 Å². The van der Waals surface area contributed by atoms with Gasteiger partial charge in [-0.05, 0) is 26.7 Å². The van der Waals surface area contributed by atoms with Crippen LogP contribution in [0, 0.1) is 13.8 Å². The van der Waals surface area contributed by atoms with Gasteiger partial charge >= 0.3 is 0 Å². The number of aromatic nitrogens is 4. The molecule has 2 aromatic rings. The van der Waals surface area contributed by atoms with Crippen LogP contribution in [0.4, 0.5) is 0 Å². The molecule has 112 valence electrons. The molecule has 0 atom stereocenters. The summed E-state index contributed by atoms with van der Waals surface area (Å²) in [7, 11) is 0. The van der Waals surface area contributed by atoms with Crippen LogP contribution in [0.3, 0.4) is 0 Å². The van der Waals surface area contributed by atoms with Gasteiger partial charge in [0, 0.05) is 11.3 Å². The summed E-state index contributed by atoms with van der Waals surface area (Å²) < 4.78 is 5.26. The standard InChI is InChI=1S/C14H19N5O2/c1-8-10(12(20)17-9(2)16-8)7-11-18-13(19-21-11)14(15)5-3-4-6-14/h3-7,15H2,1-2H3,(H,16,17,20). The molecular weight excluding hydrogens is 270 g/mol. The second kappa shape index (κ2) is 5.07. The Morgan fingerprint density at radius 3 is 2.67 bits per heavy atom. The molecule has 3 rings (SSSR count). The van der Waals surface area contributed by atoms with Gasteiger partial charge in [-0.15, -0.1) is 0 Å². The molecule has 7 heteroatoms. The van der Waals surface area contributed by atoms with Crippen molar-refractivity contribution in [3.05, 3.63) is 39.2 Å². The van der Waals surface area contributed by atoms with Crippen molar-refractivity contribution in [2.45, 2.75) is 51.5 Å². The molecule has 1 saturated carbocycles. The van der Waals surface area contributed by atoms with Crippen LogP contribution in [0.5, 0.6) is 0 Å². The summed E-state index contributed by atoms with van der Waals surface area (Å²) in [6, 6.07) is 0. The van der Waals surface area contributed by atoms with Crippen LogP contribution in [0.25, 0.3) is 0 Å². The van der Waals surface area contributed by atoms with Gasteiger partial charge in [-0.2, -0.15) is 4.98 Å². The van der Waals surface area contributed by atoms with Crippen molar-refractivity contribution in [3.63, 3.8) is 0 Å². The van der Waals surface area contributed by atoms with Crippen molar-refractivity contribution >= 4 is 0 Å². The third-order valence-electron chi connectivity index (χ3n) is 4.08. The molecule has 0 radical (unpaired) electrons. The number of nitrogens with zero attached hydrogens (tertiary/aromatic N) is 3. The van der Waals surface area contributed by atoms with Crippen LogP contribution in [-0.4, -0.2) is 20.1 Å². The lowest BCUT2D eigenvalue weighted by Crippen LogP contribution is -2.34. The molecule has 0 spiro atoms. The molecule has 2 aromatic heterocycles. The Morgan fingerprint density at radius 1 is 1.29 bits per heavy atom. The topological polar surface area (TPSA) is 111 Å². The van der Waals surface area contributed by atoms with Crippen molar-refractivity contribution in [2.24, 2.45) is 5.73 Å². The number of nitrogens with one attached hydrogen (secondary N) is 1. The predicted molar refractivity (Wildman–Crippen MR) is 75.8 cm³/mol. The third-order valence-corrected chi connectivity index (χ3v) is 4.08. The molecule has 0 unspecified atom stereocenters. The summed E-state index contributed by atoms with van der Waals surface area (Å²) in [6.07, 6.45) is 4.19. The zero-order valence-electron chi connectivity index (χ0n) is 12.3. The number of rotatable bonds is 3. The third kappa shape index (κ3) is 2.61. The van der Waals surface area contributed by atoms with Gasteiger partial charge in [0.05, 0.1) is 12.0 Å². The van der Waals surface area contributed by atoms with E-state index < -0.39 is 5.54 Å². The van der Waals surface area contributed by atoms with E-state index in [4.69, 9.17) is 10.3 Å². The summed E-state index contributed by atoms with van der Waals surface area (Å²) in [5.74, 6) is 1.55. The Morgan fingerprint density at radius 2 is 2.00 bits per heavy atom. The maximum atomic E-state index is 12.0. The summed E-state index contributed by atoms with van der Waals surface area (Å²) in [6.45, 7) is 3.55. The van der Waals surface area contributed by atoms with Crippen LogP contribution in [0.15, 0.2) is 9.32 Å². The zero-order valence-corrected chi connectivity index (χ0v) is 12.3. The Bertz CT molecular complexity index is 712. The first-order valence-electron chi connectivity index (χ1n) is 7.16. The number of hydrogen-bond donors (Lipinski definition) is 2. The van der Waals surface area contributed by atoms with E-state index in [1.807, 2.05) is 0 Å². The van der Waals surface area contributed by atoms with E-state index in [9.17, 15) is 4.79 Å². The van der Waals surface area contributed by atoms with Crippen molar-refractivity contribution < 1.29 is 4.52 Å². The van der Waals surface area contributed by atoms with Crippen molar-refractivity contribution in [1.29, 1.82) is 0 Å². The van der Waals surface area contributed by atoms with Crippen molar-refractivity contribution in [2.75, 3.05) is 0 Å². The molecule has 7 nitrogen and oxygen atoms in total. The van der Waals surface area contributed by atoms with Crippen molar-refractivity contribution in [3.8, 4) is 0 Å². The van der Waals surface area contributed by atoms with E-state index in [0.717, 1.165) is 25.7 Å². The molecule has 0 aliphatic heterocycles. The minimum atomic E-state index is -0.477. The van der Waals surface area contributed by atoms with Crippen LogP contribution in [0.1, 0.15) is 54.5 Å². The molecule has 21 heavy (non-hydrogen) atoms. The van der Waals surface area contributed by atoms with Gasteiger partial charge in [-0.3, -0.25) is 4.79 Å². The molecule has 0 bridgehead atoms. The highest BCUT2D eigenvalue weighted by Crippen LogP contribution is 2.34. The van der Waals surface area contributed by atoms with Gasteiger partial charge in [0.1, 0.15) is 5.82 Å². The first-order chi connectivity index (χ1) is 9.98. The first kappa shape index (κ1) is 13.9. The Balaban J connectivity index is 1.87. The minimum Gasteiger partial charge on any atom is -0.339 e. The summed E-state index contributed by atoms with van der Waals surface area (Å²) in [5, 5.41) is 4.00. The number of aromatic amines is 1. The van der Waals surface area contributed by atoms with Crippen LogP contribution < -0.4 is 11.3 Å². The fraction of sp³-hybridized carbons (Fsp3) is 0.571. The second-order valence-electron chi connectivity index (χ2n) is 5.77. The Labute approximate surface area is 122 Å². The van der Waals surface area contributed by atoms with Crippen LogP contribution in [0.2, 0.25) is 0 Å². The van der Waals surface area contributed by atoms with Gasteiger partial charge in [-0.25, -0.2) is 4.98 Å². The molecule has 0 amide bonds. The normalized spacial score (nSPS) is 17.3. The smallest absolute Gasteiger partial charge is 0.254 e. The molecule has 1 aliphatic rings. The highest BCUT2D eigenvalue weighted by molar-refractivity contribution is 5.20. The highest BCUT2D eigenvalue weighted by Gasteiger charge is 2.36. The molecule has 3 N–H and O–H groups in total. The maximum Gasteiger partial charge on any atom is 0.254 e. The molecule has 0 saturated heterocycles. The molecule has 2 heterocycles. The summed E-state index contributed by atoms with van der Waals surface area (Å²) >= 11 is 0. The lowest BCUT2D eigenvalue weighted by atomic mass is 9.99. The number of aryl methyl sites for hydroxylation is 2. The van der Waals surface area contributed by atoms with E-state index in [-0.39, 0.29) is 12.0 Å². The monoisotopic (exact) mass is 289 g/mol. The fourth-order valence-electron chi connectivity index (χ4n) is 2.87. The molecule has 1 fully saturated rings. The number of hydrogen-bond acceptors (Lipinski definition) is 6. The van der Waals surface area contributed by atoms with E-state index >= 15 is 0 Å². The molecular formula is C14H19N5O2. The van der Waals surface area contributed by atoms with E-state index in [1.165, 1.54) is 0 Å².